The van der Waals surface area contributed by atoms with Gasteiger partial charge < -0.3 is 13.9 Å². The maximum Gasteiger partial charge on any atom is 0.573 e. The number of halogens is 4. The highest BCUT2D eigenvalue weighted by Gasteiger charge is 2.36. The molecule has 4 rings (SSSR count). The average molecular weight is 660 g/mol. The molecule has 1 saturated heterocycles. The molecular weight excluding hydrogens is 629 g/mol. The summed E-state index contributed by atoms with van der Waals surface area (Å²) in [5.74, 6) is -0.349. The van der Waals surface area contributed by atoms with Crippen LogP contribution in [0.5, 0.6) is 11.5 Å². The molecule has 222 valence electrons. The van der Waals surface area contributed by atoms with Crippen molar-refractivity contribution in [3.63, 3.8) is 0 Å². The molecule has 8 nitrogen and oxygen atoms in total. The Morgan fingerprint density at radius 3 is 2.20 bits per heavy atom. The van der Waals surface area contributed by atoms with Gasteiger partial charge in [-0.1, -0.05) is 61.0 Å². The Morgan fingerprint density at radius 1 is 0.951 bits per heavy atom. The molecule has 0 amide bonds. The van der Waals surface area contributed by atoms with E-state index in [1.165, 1.54) is 24.0 Å². The second-order valence-electron chi connectivity index (χ2n) is 10.6. The Morgan fingerprint density at radius 2 is 1.61 bits per heavy atom. The van der Waals surface area contributed by atoms with Gasteiger partial charge in [0.05, 0.1) is 6.54 Å². The number of hydrogen-bond acceptors (Lipinski definition) is 7. The van der Waals surface area contributed by atoms with Crippen LogP contribution in [0.3, 0.4) is 0 Å². The molecule has 2 heterocycles. The zero-order valence-electron chi connectivity index (χ0n) is 22.7. The molecule has 1 aliphatic heterocycles. The lowest BCUT2D eigenvalue weighted by atomic mass is 9.87. The SMILES string of the molecule is CC(C)(C)c1ccc(COc2coc(CN3CCN(S(=O)(=O)c4ccc(Br)cc4OC(F)(F)F)CC3)cc2=O)cc1. The van der Waals surface area contributed by atoms with E-state index < -0.39 is 27.0 Å². The second kappa shape index (κ2) is 12.2. The van der Waals surface area contributed by atoms with E-state index in [2.05, 4.69) is 41.4 Å². The molecule has 0 unspecified atom stereocenters. The first kappa shape index (κ1) is 31.1. The van der Waals surface area contributed by atoms with Crippen molar-refractivity contribution in [3.05, 3.63) is 86.4 Å². The monoisotopic (exact) mass is 658 g/mol. The molecule has 0 spiro atoms. The zero-order valence-corrected chi connectivity index (χ0v) is 25.1. The van der Waals surface area contributed by atoms with E-state index in [9.17, 15) is 26.4 Å². The van der Waals surface area contributed by atoms with Gasteiger partial charge in [0.1, 0.15) is 23.5 Å². The number of piperazine rings is 1. The van der Waals surface area contributed by atoms with Crippen LogP contribution in [0, 0.1) is 0 Å². The molecule has 1 aliphatic rings. The Kier molecular flexibility index (Phi) is 9.22. The van der Waals surface area contributed by atoms with Gasteiger partial charge in [-0.05, 0) is 34.7 Å². The number of nitrogens with zero attached hydrogens (tertiary/aromatic N) is 2. The van der Waals surface area contributed by atoms with Gasteiger partial charge in [-0.15, -0.1) is 13.2 Å². The van der Waals surface area contributed by atoms with Crippen molar-refractivity contribution in [2.75, 3.05) is 26.2 Å². The Hall–Kier alpha value is -2.87. The van der Waals surface area contributed by atoms with Gasteiger partial charge in [-0.25, -0.2) is 8.42 Å². The smallest absolute Gasteiger partial charge is 0.482 e. The summed E-state index contributed by atoms with van der Waals surface area (Å²) < 4.78 is 81.5. The highest BCUT2D eigenvalue weighted by Crippen LogP contribution is 2.34. The summed E-state index contributed by atoms with van der Waals surface area (Å²) in [6, 6.07) is 12.7. The Labute approximate surface area is 244 Å². The predicted molar refractivity (Wildman–Crippen MR) is 149 cm³/mol. The lowest BCUT2D eigenvalue weighted by Gasteiger charge is -2.33. The maximum absolute atomic E-state index is 13.1. The molecule has 0 bridgehead atoms. The molecule has 2 aromatic carbocycles. The van der Waals surface area contributed by atoms with E-state index in [4.69, 9.17) is 9.15 Å². The lowest BCUT2D eigenvalue weighted by Crippen LogP contribution is -2.48. The van der Waals surface area contributed by atoms with Crippen LogP contribution in [0.4, 0.5) is 13.2 Å². The zero-order chi connectivity index (χ0) is 30.0. The van der Waals surface area contributed by atoms with E-state index >= 15 is 0 Å². The normalized spacial score (nSPS) is 15.6. The van der Waals surface area contributed by atoms with Crippen molar-refractivity contribution >= 4 is 26.0 Å². The van der Waals surface area contributed by atoms with Crippen molar-refractivity contribution in [1.29, 1.82) is 0 Å². The summed E-state index contributed by atoms with van der Waals surface area (Å²) in [4.78, 5) is 13.9. The third-order valence-electron chi connectivity index (χ3n) is 6.53. The first-order chi connectivity index (χ1) is 19.1. The van der Waals surface area contributed by atoms with Crippen LogP contribution in [0.1, 0.15) is 37.7 Å². The van der Waals surface area contributed by atoms with Crippen LogP contribution >= 0.6 is 15.9 Å². The minimum Gasteiger partial charge on any atom is -0.482 e. The van der Waals surface area contributed by atoms with E-state index in [-0.39, 0.29) is 60.4 Å². The van der Waals surface area contributed by atoms with Gasteiger partial charge in [-0.3, -0.25) is 9.69 Å². The average Bonchev–Trinajstić information content (AvgIpc) is 2.87. The van der Waals surface area contributed by atoms with Crippen LogP contribution in [0.25, 0.3) is 0 Å². The topological polar surface area (TPSA) is 89.3 Å². The number of sulfonamides is 1. The number of benzene rings is 2. The minimum absolute atomic E-state index is 0.0310. The maximum atomic E-state index is 13.1. The molecule has 0 aliphatic carbocycles. The highest BCUT2D eigenvalue weighted by atomic mass is 79.9. The van der Waals surface area contributed by atoms with Gasteiger partial charge in [0.25, 0.3) is 0 Å². The molecule has 1 aromatic heterocycles. The van der Waals surface area contributed by atoms with Gasteiger partial charge in [0.15, 0.2) is 5.75 Å². The predicted octanol–water partition coefficient (Wildman–Crippen LogP) is 5.68. The second-order valence-corrected chi connectivity index (χ2v) is 13.5. The Balaban J connectivity index is 1.34. The van der Waals surface area contributed by atoms with Crippen LogP contribution in [0.2, 0.25) is 0 Å². The van der Waals surface area contributed by atoms with Gasteiger partial charge in [-0.2, -0.15) is 4.31 Å². The first-order valence-corrected chi connectivity index (χ1v) is 15.0. The fourth-order valence-corrected chi connectivity index (χ4v) is 6.13. The van der Waals surface area contributed by atoms with Gasteiger partial charge in [0, 0.05) is 36.7 Å². The van der Waals surface area contributed by atoms with Crippen LogP contribution in [0.15, 0.2) is 73.4 Å². The quantitative estimate of drug-likeness (QED) is 0.308. The van der Waals surface area contributed by atoms with Crippen molar-refractivity contribution in [2.45, 2.75) is 50.6 Å². The number of rotatable bonds is 8. The highest BCUT2D eigenvalue weighted by molar-refractivity contribution is 9.10. The van der Waals surface area contributed by atoms with E-state index in [1.54, 1.807) is 0 Å². The third kappa shape index (κ3) is 8.12. The minimum atomic E-state index is -5.05. The van der Waals surface area contributed by atoms with Crippen molar-refractivity contribution in [1.82, 2.24) is 9.21 Å². The lowest BCUT2D eigenvalue weighted by molar-refractivity contribution is -0.275. The molecular formula is C28H30BrF3N2O6S. The van der Waals surface area contributed by atoms with E-state index in [0.717, 1.165) is 22.0 Å². The number of hydrogen-bond donors (Lipinski definition) is 0. The molecule has 41 heavy (non-hydrogen) atoms. The summed E-state index contributed by atoms with van der Waals surface area (Å²) >= 11 is 3.04. The summed E-state index contributed by atoms with van der Waals surface area (Å²) in [5.41, 5.74) is 1.80. The molecule has 0 atom stereocenters. The van der Waals surface area contributed by atoms with Crippen LogP contribution in [-0.2, 0) is 28.6 Å². The first-order valence-electron chi connectivity index (χ1n) is 12.7. The Bertz CT molecular complexity index is 1530. The summed E-state index contributed by atoms with van der Waals surface area (Å²) in [6.45, 7) is 7.46. The summed E-state index contributed by atoms with van der Waals surface area (Å²) in [7, 11) is -4.26. The van der Waals surface area contributed by atoms with E-state index in [0.29, 0.717) is 5.76 Å². The molecule has 0 N–H and O–H groups in total. The van der Waals surface area contributed by atoms with Crippen molar-refractivity contribution in [2.24, 2.45) is 0 Å². The standard InChI is InChI=1S/C28H30BrF3N2O6S/c1-27(2,3)20-6-4-19(5-7-20)17-39-25-18-38-22(15-23(25)35)16-33-10-12-34(13-11-33)41(36,37)26-9-8-21(29)14-24(26)40-28(30,31)32/h4-9,14-15,18H,10-13,16-17H2,1-3H3. The molecule has 1 fully saturated rings. The molecule has 13 heteroatoms. The summed E-state index contributed by atoms with van der Waals surface area (Å²) in [5, 5.41) is 0. The number of ether oxygens (including phenoxy) is 2. The van der Waals surface area contributed by atoms with Crippen molar-refractivity contribution < 1.29 is 35.5 Å². The third-order valence-corrected chi connectivity index (χ3v) is 8.96. The van der Waals surface area contributed by atoms with Crippen LogP contribution < -0.4 is 14.9 Å². The molecule has 0 saturated carbocycles. The van der Waals surface area contributed by atoms with E-state index in [1.807, 2.05) is 29.2 Å². The fraction of sp³-hybridized carbons (Fsp3) is 0.393. The largest absolute Gasteiger partial charge is 0.573 e. The molecule has 3 aromatic rings. The number of alkyl halides is 3. The van der Waals surface area contributed by atoms with Crippen molar-refractivity contribution in [3.8, 4) is 11.5 Å². The fourth-order valence-electron chi connectivity index (χ4n) is 4.28. The molecule has 0 radical (unpaired) electrons. The van der Waals surface area contributed by atoms with Gasteiger partial charge in [0.2, 0.25) is 21.2 Å². The van der Waals surface area contributed by atoms with Crippen LogP contribution in [-0.4, -0.2) is 50.2 Å². The van der Waals surface area contributed by atoms with Gasteiger partial charge >= 0.3 is 6.36 Å². The summed E-state index contributed by atoms with van der Waals surface area (Å²) in [6.07, 6.45) is -3.79.